The summed E-state index contributed by atoms with van der Waals surface area (Å²) in [5, 5.41) is 9.99. The average molecular weight is 441 g/mol. The number of hydrogen-bond acceptors (Lipinski definition) is 5. The van der Waals surface area contributed by atoms with Crippen LogP contribution in [-0.4, -0.2) is 23.4 Å². The zero-order valence-electron chi connectivity index (χ0n) is 12.8. The van der Waals surface area contributed by atoms with Crippen LogP contribution in [-0.2, 0) is 4.79 Å². The third kappa shape index (κ3) is 3.53. The van der Waals surface area contributed by atoms with Crippen LogP contribution in [0.5, 0.6) is 11.5 Å². The number of nitrogens with zero attached hydrogens (tertiary/aromatic N) is 1. The van der Waals surface area contributed by atoms with Crippen molar-refractivity contribution in [3.8, 4) is 11.5 Å². The minimum atomic E-state index is -0.416. The molecule has 2 amide bonds. The van der Waals surface area contributed by atoms with Gasteiger partial charge < -0.3 is 9.84 Å². The number of methoxy groups -OCH3 is 1. The number of carbonyl (C=O) groups is 2. The second-order valence-electron chi connectivity index (χ2n) is 5.05. The number of rotatable bonds is 3. The lowest BCUT2D eigenvalue weighted by molar-refractivity contribution is -0.113. The van der Waals surface area contributed by atoms with Crippen LogP contribution >= 0.6 is 39.3 Å². The Balaban J connectivity index is 1.95. The van der Waals surface area contributed by atoms with Gasteiger partial charge in [0.2, 0.25) is 0 Å². The summed E-state index contributed by atoms with van der Waals surface area (Å²) in [6, 6.07) is 9.67. The van der Waals surface area contributed by atoms with Crippen LogP contribution in [0.25, 0.3) is 6.08 Å². The highest BCUT2D eigenvalue weighted by atomic mass is 79.9. The van der Waals surface area contributed by atoms with E-state index >= 15 is 0 Å². The first-order valence-corrected chi connectivity index (χ1v) is 8.99. The molecular formula is C17H11BrClNO4S. The van der Waals surface area contributed by atoms with E-state index in [-0.39, 0.29) is 21.6 Å². The first-order chi connectivity index (χ1) is 11.9. The van der Waals surface area contributed by atoms with E-state index in [0.29, 0.717) is 20.7 Å². The summed E-state index contributed by atoms with van der Waals surface area (Å²) in [4.78, 5) is 26.2. The van der Waals surface area contributed by atoms with Crippen LogP contribution in [0.4, 0.5) is 10.5 Å². The van der Waals surface area contributed by atoms with E-state index in [1.165, 1.54) is 7.11 Å². The molecule has 0 aromatic heterocycles. The Morgan fingerprint density at radius 3 is 2.56 bits per heavy atom. The maximum Gasteiger partial charge on any atom is 0.298 e. The van der Waals surface area contributed by atoms with Gasteiger partial charge in [-0.1, -0.05) is 11.6 Å². The normalized spacial score (nSPS) is 16.0. The number of carbonyl (C=O) groups excluding carboxylic acids is 2. The number of halogens is 2. The van der Waals surface area contributed by atoms with Gasteiger partial charge in [-0.15, -0.1) is 0 Å². The molecule has 0 atom stereocenters. The Kier molecular flexibility index (Phi) is 5.08. The second-order valence-corrected chi connectivity index (χ2v) is 7.33. The Labute approximate surface area is 161 Å². The minimum absolute atomic E-state index is 0.0334. The van der Waals surface area contributed by atoms with Crippen LogP contribution in [0.2, 0.25) is 5.02 Å². The Morgan fingerprint density at radius 1 is 1.24 bits per heavy atom. The summed E-state index contributed by atoms with van der Waals surface area (Å²) >= 11 is 9.92. The van der Waals surface area contributed by atoms with E-state index < -0.39 is 5.91 Å². The SMILES string of the molecule is COc1cc(/C=C2\SC(=O)N(c3ccc(Cl)cc3)C2=O)cc(Br)c1O. The van der Waals surface area contributed by atoms with Gasteiger partial charge in [0, 0.05) is 5.02 Å². The van der Waals surface area contributed by atoms with E-state index in [4.69, 9.17) is 16.3 Å². The highest BCUT2D eigenvalue weighted by Gasteiger charge is 2.36. The molecule has 2 aromatic carbocycles. The molecule has 1 fully saturated rings. The van der Waals surface area contributed by atoms with Crippen molar-refractivity contribution in [3.05, 3.63) is 56.4 Å². The van der Waals surface area contributed by atoms with Crippen molar-refractivity contribution in [2.75, 3.05) is 12.0 Å². The molecule has 0 radical (unpaired) electrons. The van der Waals surface area contributed by atoms with Gasteiger partial charge in [-0.3, -0.25) is 9.59 Å². The maximum atomic E-state index is 12.6. The molecule has 1 saturated heterocycles. The van der Waals surface area contributed by atoms with Crippen LogP contribution in [0.1, 0.15) is 5.56 Å². The lowest BCUT2D eigenvalue weighted by atomic mass is 10.2. The number of anilines is 1. The molecule has 1 N–H and O–H groups in total. The second kappa shape index (κ2) is 7.11. The number of thioether (sulfide) groups is 1. The third-order valence-electron chi connectivity index (χ3n) is 3.45. The van der Waals surface area contributed by atoms with E-state index in [9.17, 15) is 14.7 Å². The van der Waals surface area contributed by atoms with Crippen molar-refractivity contribution in [2.24, 2.45) is 0 Å². The van der Waals surface area contributed by atoms with Gasteiger partial charge in [0.1, 0.15) is 0 Å². The minimum Gasteiger partial charge on any atom is -0.503 e. The van der Waals surface area contributed by atoms with Crippen LogP contribution in [0, 0.1) is 0 Å². The summed E-state index contributed by atoms with van der Waals surface area (Å²) in [5.41, 5.74) is 1.07. The zero-order chi connectivity index (χ0) is 18.1. The number of aromatic hydroxyl groups is 1. The largest absolute Gasteiger partial charge is 0.503 e. The summed E-state index contributed by atoms with van der Waals surface area (Å²) in [6.07, 6.45) is 1.58. The molecule has 1 aliphatic heterocycles. The number of hydrogen-bond donors (Lipinski definition) is 1. The van der Waals surface area contributed by atoms with Crippen LogP contribution in [0.3, 0.4) is 0 Å². The zero-order valence-corrected chi connectivity index (χ0v) is 16.0. The van der Waals surface area contributed by atoms with Crippen molar-refractivity contribution in [2.45, 2.75) is 0 Å². The Hall–Kier alpha value is -1.96. The number of phenolic OH excluding ortho intramolecular Hbond substituents is 1. The van der Waals surface area contributed by atoms with Gasteiger partial charge in [0.25, 0.3) is 11.1 Å². The molecule has 1 heterocycles. The monoisotopic (exact) mass is 439 g/mol. The first kappa shape index (κ1) is 17.8. The van der Waals surface area contributed by atoms with E-state index in [1.54, 1.807) is 42.5 Å². The third-order valence-corrected chi connectivity index (χ3v) is 5.17. The fourth-order valence-corrected chi connectivity index (χ4v) is 3.69. The molecule has 2 aromatic rings. The fraction of sp³-hybridized carbons (Fsp3) is 0.0588. The Bertz CT molecular complexity index is 898. The van der Waals surface area contributed by atoms with E-state index in [0.717, 1.165) is 16.7 Å². The molecule has 25 heavy (non-hydrogen) atoms. The topological polar surface area (TPSA) is 66.8 Å². The molecule has 5 nitrogen and oxygen atoms in total. The van der Waals surface area contributed by atoms with Gasteiger partial charge in [-0.05, 0) is 75.7 Å². The predicted octanol–water partition coefficient (Wildman–Crippen LogP) is 5.06. The lowest BCUT2D eigenvalue weighted by Gasteiger charge is -2.12. The molecular weight excluding hydrogens is 430 g/mol. The molecule has 0 saturated carbocycles. The molecule has 0 bridgehead atoms. The Morgan fingerprint density at radius 2 is 1.92 bits per heavy atom. The highest BCUT2D eigenvalue weighted by molar-refractivity contribution is 9.10. The molecule has 0 unspecified atom stereocenters. The predicted molar refractivity (Wildman–Crippen MR) is 102 cm³/mol. The summed E-state index contributed by atoms with van der Waals surface area (Å²) in [5.74, 6) is -0.188. The quantitative estimate of drug-likeness (QED) is 0.676. The van der Waals surface area contributed by atoms with Crippen molar-refractivity contribution < 1.29 is 19.4 Å². The van der Waals surface area contributed by atoms with Gasteiger partial charge in [0.05, 0.1) is 22.2 Å². The van der Waals surface area contributed by atoms with E-state index in [1.807, 2.05) is 0 Å². The summed E-state index contributed by atoms with van der Waals surface area (Å²) in [6.45, 7) is 0. The molecule has 1 aliphatic rings. The molecule has 3 rings (SSSR count). The van der Waals surface area contributed by atoms with Crippen LogP contribution < -0.4 is 9.64 Å². The van der Waals surface area contributed by atoms with Gasteiger partial charge in [-0.2, -0.15) is 0 Å². The highest BCUT2D eigenvalue weighted by Crippen LogP contribution is 2.39. The van der Waals surface area contributed by atoms with Crippen LogP contribution in [0.15, 0.2) is 45.8 Å². The van der Waals surface area contributed by atoms with Gasteiger partial charge >= 0.3 is 0 Å². The molecule has 0 aliphatic carbocycles. The number of phenols is 1. The standard InChI is InChI=1S/C17H11BrClNO4S/c1-24-13-7-9(6-12(18)15(13)21)8-14-16(22)20(17(23)25-14)11-4-2-10(19)3-5-11/h2-8,21H,1H3/b14-8-. The van der Waals surface area contributed by atoms with Crippen molar-refractivity contribution in [1.29, 1.82) is 0 Å². The molecule has 128 valence electrons. The number of amides is 2. The molecule has 8 heteroatoms. The van der Waals surface area contributed by atoms with E-state index in [2.05, 4.69) is 15.9 Å². The lowest BCUT2D eigenvalue weighted by Crippen LogP contribution is -2.27. The first-order valence-electron chi connectivity index (χ1n) is 7.00. The summed E-state index contributed by atoms with van der Waals surface area (Å²) < 4.78 is 5.52. The average Bonchev–Trinajstić information content (AvgIpc) is 2.85. The smallest absolute Gasteiger partial charge is 0.298 e. The van der Waals surface area contributed by atoms with Crippen molar-refractivity contribution >= 4 is 62.2 Å². The number of imide groups is 1. The maximum absolute atomic E-state index is 12.6. The molecule has 0 spiro atoms. The van der Waals surface area contributed by atoms with Gasteiger partial charge in [0.15, 0.2) is 11.5 Å². The number of benzene rings is 2. The van der Waals surface area contributed by atoms with Crippen molar-refractivity contribution in [1.82, 2.24) is 0 Å². The summed E-state index contributed by atoms with van der Waals surface area (Å²) in [7, 11) is 1.43. The van der Waals surface area contributed by atoms with Crippen molar-refractivity contribution in [3.63, 3.8) is 0 Å². The van der Waals surface area contributed by atoms with Gasteiger partial charge in [-0.25, -0.2) is 4.90 Å². The fourth-order valence-electron chi connectivity index (χ4n) is 2.26. The number of ether oxygens (including phenoxy) is 1.